The first kappa shape index (κ1) is 35.4. The number of hydrogen-bond acceptors (Lipinski definition) is 3. The van der Waals surface area contributed by atoms with Gasteiger partial charge in [0.25, 0.3) is 5.92 Å². The number of halogens is 2. The van der Waals surface area contributed by atoms with E-state index in [-0.39, 0.29) is 40.0 Å². The lowest BCUT2D eigenvalue weighted by molar-refractivity contribution is -0.219. The van der Waals surface area contributed by atoms with Gasteiger partial charge in [0.2, 0.25) is 0 Å². The molecule has 7 rings (SSSR count). The standard InChI is InChI=1S/C43H62F2N2O2/c1-28(2)31-14-19-42(46-24-27-47-25-22-43(44,45)23-26-47)21-20-40(6)33(36(31)42)12-13-35-39(5)17-15-32(29-8-10-30(11-9-29)37(48)49)38(3,4)34(39)16-18-41(35,40)7/h8-11,15,31,33-36,46H,1,12-14,16-27H2,2-7H3,(H,48,49). The van der Waals surface area contributed by atoms with Crippen LogP contribution in [0.3, 0.4) is 0 Å². The van der Waals surface area contributed by atoms with Crippen molar-refractivity contribution in [1.29, 1.82) is 0 Å². The Morgan fingerprint density at radius 1 is 0.898 bits per heavy atom. The molecule has 5 aliphatic carbocycles. The molecule has 0 spiro atoms. The van der Waals surface area contributed by atoms with Crippen molar-refractivity contribution in [3.63, 3.8) is 0 Å². The molecule has 4 saturated carbocycles. The zero-order valence-electron chi connectivity index (χ0n) is 31.1. The zero-order chi connectivity index (χ0) is 35.2. The van der Waals surface area contributed by atoms with Gasteiger partial charge >= 0.3 is 5.97 Å². The number of alkyl halides is 2. The van der Waals surface area contributed by atoms with Gasteiger partial charge in [0.05, 0.1) is 5.56 Å². The van der Waals surface area contributed by atoms with Crippen molar-refractivity contribution < 1.29 is 18.7 Å². The summed E-state index contributed by atoms with van der Waals surface area (Å²) in [6.45, 7) is 22.5. The highest BCUT2D eigenvalue weighted by Gasteiger charge is 2.70. The van der Waals surface area contributed by atoms with E-state index < -0.39 is 11.9 Å². The monoisotopic (exact) mass is 676 g/mol. The molecule has 1 heterocycles. The van der Waals surface area contributed by atoms with E-state index in [0.717, 1.165) is 19.5 Å². The van der Waals surface area contributed by atoms with Crippen molar-refractivity contribution in [2.45, 2.75) is 124 Å². The van der Waals surface area contributed by atoms with Gasteiger partial charge < -0.3 is 15.3 Å². The summed E-state index contributed by atoms with van der Waals surface area (Å²) in [6, 6.07) is 7.56. The summed E-state index contributed by atoms with van der Waals surface area (Å²) in [7, 11) is 0. The molecule has 1 aromatic rings. The topological polar surface area (TPSA) is 52.6 Å². The predicted molar refractivity (Wildman–Crippen MR) is 195 cm³/mol. The number of carboxylic acid groups (broad SMARTS) is 1. The third kappa shape index (κ3) is 5.42. The smallest absolute Gasteiger partial charge is 0.335 e. The van der Waals surface area contributed by atoms with Crippen molar-refractivity contribution in [3.05, 3.63) is 53.6 Å². The number of carboxylic acids is 1. The highest BCUT2D eigenvalue weighted by atomic mass is 19.3. The van der Waals surface area contributed by atoms with Crippen molar-refractivity contribution in [2.24, 2.45) is 51.2 Å². The van der Waals surface area contributed by atoms with Crippen molar-refractivity contribution in [3.8, 4) is 0 Å². The van der Waals surface area contributed by atoms with Crippen LogP contribution in [0, 0.1) is 51.2 Å². The van der Waals surface area contributed by atoms with Gasteiger partial charge in [-0.3, -0.25) is 0 Å². The van der Waals surface area contributed by atoms with Crippen LogP contribution < -0.4 is 5.32 Å². The molecule has 270 valence electrons. The highest BCUT2D eigenvalue weighted by Crippen LogP contribution is 2.76. The average Bonchev–Trinajstić information content (AvgIpc) is 3.42. The molecule has 1 aliphatic heterocycles. The largest absolute Gasteiger partial charge is 0.478 e. The molecule has 9 unspecified atom stereocenters. The summed E-state index contributed by atoms with van der Waals surface area (Å²) in [5.74, 6) is -0.343. The first-order valence-electron chi connectivity index (χ1n) is 19.5. The fourth-order valence-corrected chi connectivity index (χ4v) is 13.9. The Labute approximate surface area is 294 Å². The van der Waals surface area contributed by atoms with Crippen LogP contribution in [0.15, 0.2) is 42.5 Å². The van der Waals surface area contributed by atoms with Gasteiger partial charge in [-0.1, -0.05) is 65.0 Å². The summed E-state index contributed by atoms with van der Waals surface area (Å²) in [6.07, 6.45) is 13.5. The Morgan fingerprint density at radius 3 is 2.24 bits per heavy atom. The maximum absolute atomic E-state index is 13.8. The van der Waals surface area contributed by atoms with Gasteiger partial charge in [-0.05, 0) is 139 Å². The number of aromatic carboxylic acids is 1. The Bertz CT molecular complexity index is 1490. The van der Waals surface area contributed by atoms with E-state index in [9.17, 15) is 18.7 Å². The number of nitrogens with zero attached hydrogens (tertiary/aromatic N) is 1. The molecule has 0 radical (unpaired) electrons. The summed E-state index contributed by atoms with van der Waals surface area (Å²) in [5.41, 5.74) is 5.12. The second-order valence-electron chi connectivity index (χ2n) is 18.9. The fourth-order valence-electron chi connectivity index (χ4n) is 13.9. The number of carbonyl (C=O) groups is 1. The Hall–Kier alpha value is -2.05. The van der Waals surface area contributed by atoms with Crippen LogP contribution in [0.1, 0.15) is 128 Å². The molecule has 0 aromatic heterocycles. The normalized spacial score (nSPS) is 42.6. The van der Waals surface area contributed by atoms with E-state index in [1.807, 2.05) is 12.1 Å². The molecule has 6 aliphatic rings. The number of piperidine rings is 1. The van der Waals surface area contributed by atoms with Crippen LogP contribution in [0.5, 0.6) is 0 Å². The Balaban J connectivity index is 1.14. The van der Waals surface area contributed by atoms with E-state index in [4.69, 9.17) is 0 Å². The number of rotatable bonds is 7. The summed E-state index contributed by atoms with van der Waals surface area (Å²) in [4.78, 5) is 13.8. The van der Waals surface area contributed by atoms with Crippen LogP contribution in [0.4, 0.5) is 8.78 Å². The molecule has 1 saturated heterocycles. The van der Waals surface area contributed by atoms with Gasteiger partial charge in [0.1, 0.15) is 0 Å². The Kier molecular flexibility index (Phi) is 8.66. The molecule has 4 nitrogen and oxygen atoms in total. The maximum Gasteiger partial charge on any atom is 0.335 e. The summed E-state index contributed by atoms with van der Waals surface area (Å²) >= 11 is 0. The molecule has 0 amide bonds. The Morgan fingerprint density at radius 2 is 1.59 bits per heavy atom. The van der Waals surface area contributed by atoms with Crippen molar-refractivity contribution in [2.75, 3.05) is 26.2 Å². The van der Waals surface area contributed by atoms with E-state index in [1.54, 1.807) is 12.1 Å². The number of allylic oxidation sites excluding steroid dienone is 3. The number of fused-ring (bicyclic) bond motifs is 7. The van der Waals surface area contributed by atoms with Gasteiger partial charge in [0.15, 0.2) is 0 Å². The second kappa shape index (κ2) is 12.0. The van der Waals surface area contributed by atoms with E-state index >= 15 is 0 Å². The van der Waals surface area contributed by atoms with Crippen LogP contribution in [0.25, 0.3) is 5.57 Å². The second-order valence-corrected chi connectivity index (χ2v) is 18.9. The number of benzene rings is 1. The minimum absolute atomic E-state index is 0.00319. The lowest BCUT2D eigenvalue weighted by Crippen LogP contribution is -2.68. The lowest BCUT2D eigenvalue weighted by atomic mass is 9.33. The average molecular weight is 677 g/mol. The summed E-state index contributed by atoms with van der Waals surface area (Å²) < 4.78 is 27.7. The van der Waals surface area contributed by atoms with E-state index in [0.29, 0.717) is 48.2 Å². The molecular weight excluding hydrogens is 614 g/mol. The molecule has 1 aromatic carbocycles. The lowest BCUT2D eigenvalue weighted by Gasteiger charge is -2.72. The molecule has 0 bridgehead atoms. The summed E-state index contributed by atoms with van der Waals surface area (Å²) in [5, 5.41) is 13.6. The number of hydrogen-bond donors (Lipinski definition) is 2. The number of likely N-dealkylation sites (tertiary alicyclic amines) is 1. The van der Waals surface area contributed by atoms with Crippen molar-refractivity contribution in [1.82, 2.24) is 10.2 Å². The van der Waals surface area contributed by atoms with E-state index in [1.165, 1.54) is 68.1 Å². The molecule has 5 fully saturated rings. The van der Waals surface area contributed by atoms with E-state index in [2.05, 4.69) is 64.4 Å². The number of nitrogens with one attached hydrogen (secondary N) is 1. The van der Waals surface area contributed by atoms with Crippen LogP contribution in [-0.2, 0) is 0 Å². The first-order valence-corrected chi connectivity index (χ1v) is 19.5. The third-order valence-corrected chi connectivity index (χ3v) is 16.6. The SMILES string of the molecule is C=C(C)C1CCC2(NCCN3CCC(F)(F)CC3)CCC3(C)C(CCC4C5(C)CC=C(c6ccc(C(=O)O)cc6)C(C)(C)C5CCC43C)C12. The minimum atomic E-state index is -2.49. The third-order valence-electron chi connectivity index (χ3n) is 16.6. The van der Waals surface area contributed by atoms with Crippen LogP contribution in [-0.4, -0.2) is 53.6 Å². The molecule has 9 atom stereocenters. The molecule has 49 heavy (non-hydrogen) atoms. The quantitative estimate of drug-likeness (QED) is 0.282. The van der Waals surface area contributed by atoms with Gasteiger partial charge in [-0.2, -0.15) is 0 Å². The predicted octanol–water partition coefficient (Wildman–Crippen LogP) is 10.1. The molecule has 6 heteroatoms. The zero-order valence-corrected chi connectivity index (χ0v) is 31.1. The fraction of sp³-hybridized carbons (Fsp3) is 0.744. The molecule has 2 N–H and O–H groups in total. The van der Waals surface area contributed by atoms with Crippen LogP contribution >= 0.6 is 0 Å². The maximum atomic E-state index is 13.8. The minimum Gasteiger partial charge on any atom is -0.478 e. The van der Waals surface area contributed by atoms with Crippen molar-refractivity contribution >= 4 is 11.5 Å². The highest BCUT2D eigenvalue weighted by molar-refractivity contribution is 5.88. The molecular formula is C43H62F2N2O2. The van der Waals surface area contributed by atoms with Crippen LogP contribution in [0.2, 0.25) is 0 Å². The van der Waals surface area contributed by atoms with Gasteiger partial charge in [-0.15, -0.1) is 0 Å². The van der Waals surface area contributed by atoms with Gasteiger partial charge in [0, 0.05) is 44.6 Å². The first-order chi connectivity index (χ1) is 23.0. The van der Waals surface area contributed by atoms with Gasteiger partial charge in [-0.25, -0.2) is 13.6 Å².